The van der Waals surface area contributed by atoms with Crippen molar-refractivity contribution in [3.63, 3.8) is 0 Å². The van der Waals surface area contributed by atoms with E-state index in [1.165, 1.54) is 45.2 Å². The van der Waals surface area contributed by atoms with Gasteiger partial charge < -0.3 is 10.6 Å². The predicted octanol–water partition coefficient (Wildman–Crippen LogP) is 3.37. The normalized spacial score (nSPS) is 20.0. The molecule has 4 heteroatoms. The van der Waals surface area contributed by atoms with Gasteiger partial charge in [0.15, 0.2) is 0 Å². The first-order valence-corrected chi connectivity index (χ1v) is 8.81. The lowest BCUT2D eigenvalue weighted by atomic mass is 9.98. The van der Waals surface area contributed by atoms with Crippen molar-refractivity contribution in [3.8, 4) is 0 Å². The zero-order chi connectivity index (χ0) is 15.7. The van der Waals surface area contributed by atoms with Gasteiger partial charge in [0.25, 0.3) is 0 Å². The Morgan fingerprint density at radius 2 is 1.90 bits per heavy atom. The third-order valence-electron chi connectivity index (χ3n) is 4.62. The van der Waals surface area contributed by atoms with Gasteiger partial charge in [0, 0.05) is 18.6 Å². The first-order chi connectivity index (χ1) is 10.0. The van der Waals surface area contributed by atoms with Crippen LogP contribution in [0, 0.1) is 5.92 Å². The summed E-state index contributed by atoms with van der Waals surface area (Å²) in [5.41, 5.74) is 0. The highest BCUT2D eigenvalue weighted by atomic mass is 16.2. The van der Waals surface area contributed by atoms with Crippen molar-refractivity contribution in [1.29, 1.82) is 0 Å². The number of hydrogen-bond donors (Lipinski definition) is 2. The van der Waals surface area contributed by atoms with Crippen molar-refractivity contribution < 1.29 is 4.79 Å². The summed E-state index contributed by atoms with van der Waals surface area (Å²) >= 11 is 0. The fourth-order valence-corrected chi connectivity index (χ4v) is 2.89. The van der Waals surface area contributed by atoms with Gasteiger partial charge in [0.2, 0.25) is 0 Å². The number of nitrogens with one attached hydrogen (secondary N) is 2. The van der Waals surface area contributed by atoms with Crippen LogP contribution in [0.3, 0.4) is 0 Å². The number of carbonyl (C=O) groups excluding carboxylic acids is 1. The zero-order valence-electron chi connectivity index (χ0n) is 14.5. The van der Waals surface area contributed by atoms with E-state index >= 15 is 0 Å². The Balaban J connectivity index is 2.14. The zero-order valence-corrected chi connectivity index (χ0v) is 14.5. The largest absolute Gasteiger partial charge is 0.337 e. The van der Waals surface area contributed by atoms with Gasteiger partial charge in [-0.2, -0.15) is 0 Å². The van der Waals surface area contributed by atoms with Crippen LogP contribution in [0.15, 0.2) is 0 Å². The van der Waals surface area contributed by atoms with Gasteiger partial charge in [-0.1, -0.05) is 33.1 Å². The van der Waals surface area contributed by atoms with E-state index in [2.05, 4.69) is 43.2 Å². The third-order valence-corrected chi connectivity index (χ3v) is 4.62. The lowest BCUT2D eigenvalue weighted by Gasteiger charge is -2.35. The van der Waals surface area contributed by atoms with Crippen molar-refractivity contribution in [1.82, 2.24) is 15.5 Å². The van der Waals surface area contributed by atoms with Crippen LogP contribution in [-0.4, -0.2) is 42.6 Å². The van der Waals surface area contributed by atoms with E-state index in [-0.39, 0.29) is 12.1 Å². The number of nitrogens with zero attached hydrogens (tertiary/aromatic N) is 1. The molecule has 1 rings (SSSR count). The van der Waals surface area contributed by atoms with Crippen LogP contribution in [0.1, 0.15) is 66.2 Å². The smallest absolute Gasteiger partial charge is 0.315 e. The summed E-state index contributed by atoms with van der Waals surface area (Å²) in [5.74, 6) is 0.855. The Kier molecular flexibility index (Phi) is 8.74. The Hall–Kier alpha value is -0.770. The molecule has 0 aliphatic carbocycles. The summed E-state index contributed by atoms with van der Waals surface area (Å²) in [6, 6.07) is 0.678. The van der Waals surface area contributed by atoms with Gasteiger partial charge in [-0.05, 0) is 52.1 Å². The quantitative estimate of drug-likeness (QED) is 0.675. The molecule has 1 fully saturated rings. The third kappa shape index (κ3) is 7.70. The molecule has 2 N–H and O–H groups in total. The monoisotopic (exact) mass is 297 g/mol. The van der Waals surface area contributed by atoms with Gasteiger partial charge in [0.1, 0.15) is 0 Å². The van der Waals surface area contributed by atoms with E-state index in [1.54, 1.807) is 0 Å². The summed E-state index contributed by atoms with van der Waals surface area (Å²) in [7, 11) is 0. The SMILES string of the molecule is CCCCCC(C)NC(=O)NCC(C)N1CCC(C)CC1. The second-order valence-corrected chi connectivity index (χ2v) is 6.82. The molecule has 0 aromatic rings. The molecule has 1 heterocycles. The van der Waals surface area contributed by atoms with Crippen LogP contribution in [0.25, 0.3) is 0 Å². The number of amides is 2. The average Bonchev–Trinajstić information content (AvgIpc) is 2.46. The molecular weight excluding hydrogens is 262 g/mol. The number of likely N-dealkylation sites (tertiary alicyclic amines) is 1. The molecule has 0 spiro atoms. The van der Waals surface area contributed by atoms with Crippen molar-refractivity contribution in [2.75, 3.05) is 19.6 Å². The topological polar surface area (TPSA) is 44.4 Å². The Bertz CT molecular complexity index is 288. The van der Waals surface area contributed by atoms with Gasteiger partial charge >= 0.3 is 6.03 Å². The van der Waals surface area contributed by atoms with Crippen LogP contribution in [0.2, 0.25) is 0 Å². The summed E-state index contributed by atoms with van der Waals surface area (Å²) in [5, 5.41) is 6.06. The van der Waals surface area contributed by atoms with Crippen molar-refractivity contribution in [3.05, 3.63) is 0 Å². The molecule has 0 aromatic carbocycles. The summed E-state index contributed by atoms with van der Waals surface area (Å²) in [4.78, 5) is 14.4. The summed E-state index contributed by atoms with van der Waals surface area (Å²) in [6.45, 7) is 11.9. The highest BCUT2D eigenvalue weighted by Gasteiger charge is 2.20. The molecule has 21 heavy (non-hydrogen) atoms. The summed E-state index contributed by atoms with van der Waals surface area (Å²) < 4.78 is 0. The van der Waals surface area contributed by atoms with Crippen LogP contribution in [-0.2, 0) is 0 Å². The lowest BCUT2D eigenvalue weighted by molar-refractivity contribution is 0.145. The maximum absolute atomic E-state index is 11.9. The number of rotatable bonds is 8. The number of hydrogen-bond acceptors (Lipinski definition) is 2. The second kappa shape index (κ2) is 10.0. The molecule has 2 unspecified atom stereocenters. The molecule has 0 radical (unpaired) electrons. The van der Waals surface area contributed by atoms with Crippen molar-refractivity contribution in [2.45, 2.75) is 78.3 Å². The van der Waals surface area contributed by atoms with Gasteiger partial charge in [-0.15, -0.1) is 0 Å². The number of piperidine rings is 1. The number of unbranched alkanes of at least 4 members (excludes halogenated alkanes) is 2. The number of carbonyl (C=O) groups is 1. The first kappa shape index (κ1) is 18.3. The van der Waals surface area contributed by atoms with Crippen molar-refractivity contribution >= 4 is 6.03 Å². The van der Waals surface area contributed by atoms with Crippen LogP contribution < -0.4 is 10.6 Å². The Morgan fingerprint density at radius 3 is 2.52 bits per heavy atom. The fraction of sp³-hybridized carbons (Fsp3) is 0.941. The number of urea groups is 1. The molecule has 124 valence electrons. The summed E-state index contributed by atoms with van der Waals surface area (Å²) in [6.07, 6.45) is 7.31. The standard InChI is InChI=1S/C17H35N3O/c1-5-6-7-8-15(3)19-17(21)18-13-16(4)20-11-9-14(2)10-12-20/h14-16H,5-13H2,1-4H3,(H2,18,19,21). The molecule has 2 amide bonds. The molecule has 4 nitrogen and oxygen atoms in total. The minimum absolute atomic E-state index is 0.0174. The minimum Gasteiger partial charge on any atom is -0.337 e. The van der Waals surface area contributed by atoms with Crippen LogP contribution >= 0.6 is 0 Å². The Morgan fingerprint density at radius 1 is 1.24 bits per heavy atom. The molecule has 1 aliphatic rings. The van der Waals surface area contributed by atoms with Gasteiger partial charge in [0.05, 0.1) is 0 Å². The predicted molar refractivity (Wildman–Crippen MR) is 89.6 cm³/mol. The lowest BCUT2D eigenvalue weighted by Crippen LogP contribution is -2.48. The van der Waals surface area contributed by atoms with Gasteiger partial charge in [-0.25, -0.2) is 4.79 Å². The van der Waals surface area contributed by atoms with E-state index in [0.717, 1.165) is 18.9 Å². The average molecular weight is 297 g/mol. The van der Waals surface area contributed by atoms with E-state index in [9.17, 15) is 4.79 Å². The molecular formula is C17H35N3O. The maximum atomic E-state index is 11.9. The maximum Gasteiger partial charge on any atom is 0.315 e. The highest BCUT2D eigenvalue weighted by molar-refractivity contribution is 5.74. The van der Waals surface area contributed by atoms with E-state index in [4.69, 9.17) is 0 Å². The molecule has 0 bridgehead atoms. The fourth-order valence-electron chi connectivity index (χ4n) is 2.89. The first-order valence-electron chi connectivity index (χ1n) is 8.81. The molecule has 1 aliphatic heterocycles. The molecule has 1 saturated heterocycles. The highest BCUT2D eigenvalue weighted by Crippen LogP contribution is 2.17. The van der Waals surface area contributed by atoms with Crippen LogP contribution in [0.4, 0.5) is 4.79 Å². The van der Waals surface area contributed by atoms with E-state index in [0.29, 0.717) is 6.04 Å². The van der Waals surface area contributed by atoms with E-state index in [1.807, 2.05) is 0 Å². The minimum atomic E-state index is -0.0174. The van der Waals surface area contributed by atoms with E-state index < -0.39 is 0 Å². The van der Waals surface area contributed by atoms with Crippen LogP contribution in [0.5, 0.6) is 0 Å². The Labute approximate surface area is 131 Å². The van der Waals surface area contributed by atoms with Crippen molar-refractivity contribution in [2.24, 2.45) is 5.92 Å². The molecule has 0 saturated carbocycles. The van der Waals surface area contributed by atoms with Gasteiger partial charge in [-0.3, -0.25) is 4.90 Å². The second-order valence-electron chi connectivity index (χ2n) is 6.82. The molecule has 2 atom stereocenters. The molecule has 0 aromatic heterocycles.